The molecule has 0 aliphatic carbocycles. The molecule has 0 saturated heterocycles. The van der Waals surface area contributed by atoms with Gasteiger partial charge in [0.1, 0.15) is 17.3 Å². The van der Waals surface area contributed by atoms with Crippen LogP contribution in [0.25, 0.3) is 10.9 Å². The average molecular weight is 307 g/mol. The first kappa shape index (κ1) is 13.6. The Hall–Kier alpha value is -2.40. The zero-order valence-corrected chi connectivity index (χ0v) is 11.3. The van der Waals surface area contributed by atoms with Gasteiger partial charge in [0.25, 0.3) is 5.91 Å². The van der Waals surface area contributed by atoms with E-state index >= 15 is 0 Å². The number of amides is 1. The van der Waals surface area contributed by atoms with Crippen molar-refractivity contribution in [3.05, 3.63) is 64.8 Å². The monoisotopic (exact) mass is 306 g/mol. The van der Waals surface area contributed by atoms with Gasteiger partial charge in [-0.1, -0.05) is 11.6 Å². The molecule has 0 spiro atoms. The van der Waals surface area contributed by atoms with Crippen LogP contribution in [0, 0.1) is 11.6 Å². The lowest BCUT2D eigenvalue weighted by Gasteiger charge is -2.05. The highest BCUT2D eigenvalue weighted by Gasteiger charge is 2.12. The zero-order chi connectivity index (χ0) is 15.0. The predicted molar refractivity (Wildman–Crippen MR) is 77.6 cm³/mol. The van der Waals surface area contributed by atoms with Crippen LogP contribution in [0.2, 0.25) is 5.02 Å². The number of rotatable bonds is 2. The third-order valence-corrected chi connectivity index (χ3v) is 3.24. The van der Waals surface area contributed by atoms with Crippen LogP contribution in [0.3, 0.4) is 0 Å². The second-order valence-electron chi connectivity index (χ2n) is 4.49. The van der Waals surface area contributed by atoms with Crippen LogP contribution in [0.4, 0.5) is 14.5 Å². The summed E-state index contributed by atoms with van der Waals surface area (Å²) in [5.74, 6) is -1.54. The van der Waals surface area contributed by atoms with E-state index in [9.17, 15) is 13.6 Å². The molecular formula is C15H9ClF2N2O. The van der Waals surface area contributed by atoms with E-state index in [1.165, 1.54) is 36.4 Å². The van der Waals surface area contributed by atoms with Gasteiger partial charge in [0, 0.05) is 15.9 Å². The zero-order valence-electron chi connectivity index (χ0n) is 10.6. The molecule has 1 aromatic heterocycles. The molecule has 0 fully saturated rings. The van der Waals surface area contributed by atoms with Crippen molar-refractivity contribution in [2.45, 2.75) is 0 Å². The number of aromatic amines is 1. The molecular weight excluding hydrogens is 298 g/mol. The summed E-state index contributed by atoms with van der Waals surface area (Å²) in [5.41, 5.74) is 0.859. The Kier molecular flexibility index (Phi) is 3.35. The number of halogens is 3. The first-order valence-electron chi connectivity index (χ1n) is 6.07. The Labute approximate surface area is 123 Å². The molecule has 1 amide bonds. The highest BCUT2D eigenvalue weighted by atomic mass is 35.5. The lowest BCUT2D eigenvalue weighted by Crippen LogP contribution is -2.13. The summed E-state index contributed by atoms with van der Waals surface area (Å²) in [4.78, 5) is 14.9. The van der Waals surface area contributed by atoms with Crippen LogP contribution in [0.5, 0.6) is 0 Å². The molecule has 106 valence electrons. The Bertz CT molecular complexity index is 845. The highest BCUT2D eigenvalue weighted by molar-refractivity contribution is 6.30. The first-order chi connectivity index (χ1) is 10.0. The number of hydrogen-bond acceptors (Lipinski definition) is 1. The van der Waals surface area contributed by atoms with E-state index in [1.807, 2.05) is 0 Å². The van der Waals surface area contributed by atoms with Gasteiger partial charge in [0.2, 0.25) is 0 Å². The highest BCUT2D eigenvalue weighted by Crippen LogP contribution is 2.21. The molecule has 0 saturated carbocycles. The van der Waals surface area contributed by atoms with Crippen molar-refractivity contribution >= 4 is 34.1 Å². The van der Waals surface area contributed by atoms with E-state index in [2.05, 4.69) is 10.3 Å². The molecule has 21 heavy (non-hydrogen) atoms. The Morgan fingerprint density at radius 2 is 1.90 bits per heavy atom. The van der Waals surface area contributed by atoms with Crippen LogP contribution >= 0.6 is 11.6 Å². The molecule has 3 aromatic rings. The molecule has 1 heterocycles. The largest absolute Gasteiger partial charge is 0.351 e. The normalized spacial score (nSPS) is 10.8. The Morgan fingerprint density at radius 3 is 2.67 bits per heavy atom. The standard InChI is InChI=1S/C15H9ClF2N2O/c16-9-1-3-13(11(18)7-9)20-15(21)14-6-8-5-10(17)2-4-12(8)19-14/h1-7,19H,(H,20,21). The summed E-state index contributed by atoms with van der Waals surface area (Å²) in [7, 11) is 0. The van der Waals surface area contributed by atoms with Crippen LogP contribution in [0.1, 0.15) is 10.5 Å². The molecule has 2 aromatic carbocycles. The smallest absolute Gasteiger partial charge is 0.272 e. The summed E-state index contributed by atoms with van der Waals surface area (Å²) in [6, 6.07) is 9.59. The number of benzene rings is 2. The van der Waals surface area contributed by atoms with Crippen molar-refractivity contribution in [1.82, 2.24) is 4.98 Å². The van der Waals surface area contributed by atoms with Crippen molar-refractivity contribution in [2.75, 3.05) is 5.32 Å². The third kappa shape index (κ3) is 2.73. The Balaban J connectivity index is 1.89. The molecule has 0 aliphatic rings. The van der Waals surface area contributed by atoms with E-state index in [0.717, 1.165) is 6.07 Å². The molecule has 0 atom stereocenters. The molecule has 3 rings (SSSR count). The van der Waals surface area contributed by atoms with Crippen LogP contribution in [-0.2, 0) is 0 Å². The van der Waals surface area contributed by atoms with Gasteiger partial charge in [0.15, 0.2) is 0 Å². The summed E-state index contributed by atoms with van der Waals surface area (Å²) in [6.45, 7) is 0. The van der Waals surface area contributed by atoms with E-state index in [4.69, 9.17) is 11.6 Å². The quantitative estimate of drug-likeness (QED) is 0.726. The van der Waals surface area contributed by atoms with E-state index < -0.39 is 17.5 Å². The number of carbonyl (C=O) groups is 1. The number of fused-ring (bicyclic) bond motifs is 1. The van der Waals surface area contributed by atoms with Gasteiger partial charge in [-0.05, 0) is 42.5 Å². The van der Waals surface area contributed by atoms with Crippen molar-refractivity contribution in [3.63, 3.8) is 0 Å². The molecule has 0 bridgehead atoms. The molecule has 0 radical (unpaired) electrons. The Morgan fingerprint density at radius 1 is 1.10 bits per heavy atom. The fraction of sp³-hybridized carbons (Fsp3) is 0. The summed E-state index contributed by atoms with van der Waals surface area (Å²) >= 11 is 5.64. The summed E-state index contributed by atoms with van der Waals surface area (Å²) in [6.07, 6.45) is 0. The van der Waals surface area contributed by atoms with Crippen molar-refractivity contribution < 1.29 is 13.6 Å². The first-order valence-corrected chi connectivity index (χ1v) is 6.45. The van der Waals surface area contributed by atoms with E-state index in [0.29, 0.717) is 10.9 Å². The summed E-state index contributed by atoms with van der Waals surface area (Å²) < 4.78 is 26.7. The number of anilines is 1. The summed E-state index contributed by atoms with van der Waals surface area (Å²) in [5, 5.41) is 3.24. The van der Waals surface area contributed by atoms with Gasteiger partial charge < -0.3 is 10.3 Å². The molecule has 0 unspecified atom stereocenters. The maximum atomic E-state index is 13.6. The predicted octanol–water partition coefficient (Wildman–Crippen LogP) is 4.35. The van der Waals surface area contributed by atoms with Crippen LogP contribution < -0.4 is 5.32 Å². The average Bonchev–Trinajstić information content (AvgIpc) is 2.85. The van der Waals surface area contributed by atoms with Crippen molar-refractivity contribution in [2.24, 2.45) is 0 Å². The van der Waals surface area contributed by atoms with Gasteiger partial charge in [0.05, 0.1) is 5.69 Å². The van der Waals surface area contributed by atoms with Gasteiger partial charge in [-0.25, -0.2) is 8.78 Å². The van der Waals surface area contributed by atoms with Crippen molar-refractivity contribution in [3.8, 4) is 0 Å². The molecule has 6 heteroatoms. The minimum atomic E-state index is -0.627. The number of carbonyl (C=O) groups excluding carboxylic acids is 1. The topological polar surface area (TPSA) is 44.9 Å². The molecule has 0 aliphatic heterocycles. The van der Waals surface area contributed by atoms with E-state index in [1.54, 1.807) is 0 Å². The fourth-order valence-corrected chi connectivity index (χ4v) is 2.17. The lowest BCUT2D eigenvalue weighted by atomic mass is 10.2. The molecule has 2 N–H and O–H groups in total. The molecule has 3 nitrogen and oxygen atoms in total. The van der Waals surface area contributed by atoms with Crippen molar-refractivity contribution in [1.29, 1.82) is 0 Å². The number of hydrogen-bond donors (Lipinski definition) is 2. The van der Waals surface area contributed by atoms with Gasteiger partial charge in [-0.2, -0.15) is 0 Å². The van der Waals surface area contributed by atoms with Gasteiger partial charge in [-0.3, -0.25) is 4.79 Å². The lowest BCUT2D eigenvalue weighted by molar-refractivity contribution is 0.102. The van der Waals surface area contributed by atoms with Gasteiger partial charge >= 0.3 is 0 Å². The maximum Gasteiger partial charge on any atom is 0.272 e. The number of aromatic nitrogens is 1. The van der Waals surface area contributed by atoms with Crippen LogP contribution in [0.15, 0.2) is 42.5 Å². The van der Waals surface area contributed by atoms with Crippen LogP contribution in [-0.4, -0.2) is 10.9 Å². The SMILES string of the molecule is O=C(Nc1ccc(Cl)cc1F)c1cc2cc(F)ccc2[nH]1. The third-order valence-electron chi connectivity index (χ3n) is 3.01. The maximum absolute atomic E-state index is 13.6. The minimum absolute atomic E-state index is 0.0224. The van der Waals surface area contributed by atoms with Gasteiger partial charge in [-0.15, -0.1) is 0 Å². The fourth-order valence-electron chi connectivity index (χ4n) is 2.01. The number of H-pyrrole nitrogens is 1. The minimum Gasteiger partial charge on any atom is -0.351 e. The van der Waals surface area contributed by atoms with E-state index in [-0.39, 0.29) is 16.4 Å². The second kappa shape index (κ2) is 5.18. The second-order valence-corrected chi connectivity index (χ2v) is 4.93. The number of nitrogens with one attached hydrogen (secondary N) is 2.